The third-order valence-electron chi connectivity index (χ3n) is 2.57. The molecule has 2 heteroatoms. The second kappa shape index (κ2) is 3.46. The Labute approximate surface area is 83.7 Å². The molecule has 2 rings (SSSR count). The highest BCUT2D eigenvalue weighted by Crippen LogP contribution is 2.26. The summed E-state index contributed by atoms with van der Waals surface area (Å²) in [7, 11) is 0. The minimum atomic E-state index is 0.483. The van der Waals surface area contributed by atoms with E-state index in [9.17, 15) is 0 Å². The lowest BCUT2D eigenvalue weighted by Gasteiger charge is -1.95. The zero-order valence-corrected chi connectivity index (χ0v) is 8.63. The molecule has 1 aromatic carbocycles. The van der Waals surface area contributed by atoms with E-state index >= 15 is 0 Å². The largest absolute Gasteiger partial charge is 0.459 e. The predicted octanol–water partition coefficient (Wildman–Crippen LogP) is 2.76. The molecule has 0 saturated heterocycles. The van der Waals surface area contributed by atoms with Crippen LogP contribution in [0.4, 0.5) is 0 Å². The van der Waals surface area contributed by atoms with E-state index in [1.165, 1.54) is 16.5 Å². The minimum absolute atomic E-state index is 0.483. The molecule has 1 heterocycles. The van der Waals surface area contributed by atoms with E-state index in [4.69, 9.17) is 10.2 Å². The zero-order chi connectivity index (χ0) is 10.1. The Morgan fingerprint density at radius 1 is 1.36 bits per heavy atom. The maximum atomic E-state index is 5.67. The Kier molecular flexibility index (Phi) is 2.30. The first-order valence-electron chi connectivity index (χ1n) is 4.97. The quantitative estimate of drug-likeness (QED) is 0.789. The van der Waals surface area contributed by atoms with E-state index in [1.54, 1.807) is 0 Å². The van der Waals surface area contributed by atoms with Crippen molar-refractivity contribution < 1.29 is 4.42 Å². The Morgan fingerprint density at radius 3 is 2.79 bits per heavy atom. The van der Waals surface area contributed by atoms with Crippen molar-refractivity contribution in [3.63, 3.8) is 0 Å². The molecule has 2 nitrogen and oxygen atoms in total. The second-order valence-corrected chi connectivity index (χ2v) is 3.56. The molecule has 0 fully saturated rings. The van der Waals surface area contributed by atoms with Gasteiger partial charge in [-0.15, -0.1) is 0 Å². The molecule has 1 aromatic heterocycles. The van der Waals surface area contributed by atoms with Crippen LogP contribution in [0.2, 0.25) is 0 Å². The van der Waals surface area contributed by atoms with Crippen LogP contribution in [0.1, 0.15) is 23.8 Å². The molecule has 0 aliphatic heterocycles. The maximum Gasteiger partial charge on any atom is 0.134 e. The molecule has 0 amide bonds. The molecule has 2 N–H and O–H groups in total. The molecule has 0 atom stereocenters. The molecule has 0 aliphatic rings. The first-order chi connectivity index (χ1) is 6.76. The summed E-state index contributed by atoms with van der Waals surface area (Å²) in [4.78, 5) is 0. The molecule has 0 radical (unpaired) electrons. The first kappa shape index (κ1) is 9.28. The van der Waals surface area contributed by atoms with Gasteiger partial charge in [-0.1, -0.05) is 18.6 Å². The van der Waals surface area contributed by atoms with Crippen LogP contribution in [0.15, 0.2) is 22.6 Å². The predicted molar refractivity (Wildman–Crippen MR) is 58.2 cm³/mol. The van der Waals surface area contributed by atoms with Gasteiger partial charge in [0.05, 0.1) is 6.54 Å². The lowest BCUT2D eigenvalue weighted by Crippen LogP contribution is -1.97. The third-order valence-corrected chi connectivity index (χ3v) is 2.57. The van der Waals surface area contributed by atoms with Gasteiger partial charge in [0, 0.05) is 10.9 Å². The summed E-state index contributed by atoms with van der Waals surface area (Å²) in [5.41, 5.74) is 9.10. The number of hydrogen-bond donors (Lipinski definition) is 1. The average Bonchev–Trinajstić information content (AvgIpc) is 2.54. The number of fused-ring (bicyclic) bond motifs is 1. The van der Waals surface area contributed by atoms with Gasteiger partial charge in [-0.3, -0.25) is 0 Å². The van der Waals surface area contributed by atoms with Crippen LogP contribution < -0.4 is 5.73 Å². The Balaban J connectivity index is 2.74. The standard InChI is InChI=1S/C12H15NO/c1-3-9-10-6-8(2)4-5-11(10)14-12(9)7-13/h4-6H,3,7,13H2,1-2H3. The van der Waals surface area contributed by atoms with E-state index in [0.717, 1.165) is 17.8 Å². The van der Waals surface area contributed by atoms with Gasteiger partial charge in [0.15, 0.2) is 0 Å². The molecule has 0 spiro atoms. The number of nitrogens with two attached hydrogens (primary N) is 1. The second-order valence-electron chi connectivity index (χ2n) is 3.56. The van der Waals surface area contributed by atoms with Crippen LogP contribution in [0.3, 0.4) is 0 Å². The van der Waals surface area contributed by atoms with Crippen LogP contribution in [-0.2, 0) is 13.0 Å². The molecule has 0 aliphatic carbocycles. The van der Waals surface area contributed by atoms with Crippen molar-refractivity contribution in [1.29, 1.82) is 0 Å². The lowest BCUT2D eigenvalue weighted by molar-refractivity contribution is 0.546. The smallest absolute Gasteiger partial charge is 0.134 e. The highest BCUT2D eigenvalue weighted by atomic mass is 16.3. The van der Waals surface area contributed by atoms with Crippen LogP contribution >= 0.6 is 0 Å². The average molecular weight is 189 g/mol. The number of aryl methyl sites for hydroxylation is 2. The normalized spacial score (nSPS) is 11.1. The maximum absolute atomic E-state index is 5.67. The van der Waals surface area contributed by atoms with Crippen molar-refractivity contribution in [2.24, 2.45) is 5.73 Å². The molecule has 2 aromatic rings. The number of rotatable bonds is 2. The fourth-order valence-corrected chi connectivity index (χ4v) is 1.87. The molecule has 0 saturated carbocycles. The van der Waals surface area contributed by atoms with Crippen molar-refractivity contribution in [3.8, 4) is 0 Å². The van der Waals surface area contributed by atoms with Crippen molar-refractivity contribution >= 4 is 11.0 Å². The zero-order valence-electron chi connectivity index (χ0n) is 8.63. The monoisotopic (exact) mass is 189 g/mol. The number of furan rings is 1. The van der Waals surface area contributed by atoms with E-state index in [1.807, 2.05) is 6.07 Å². The molecule has 0 unspecified atom stereocenters. The van der Waals surface area contributed by atoms with E-state index < -0.39 is 0 Å². The minimum Gasteiger partial charge on any atom is -0.459 e. The van der Waals surface area contributed by atoms with Crippen LogP contribution in [0.5, 0.6) is 0 Å². The third kappa shape index (κ3) is 1.32. The summed E-state index contributed by atoms with van der Waals surface area (Å²) in [6.45, 7) is 4.71. The van der Waals surface area contributed by atoms with Crippen molar-refractivity contribution in [2.75, 3.05) is 0 Å². The van der Waals surface area contributed by atoms with Crippen LogP contribution in [-0.4, -0.2) is 0 Å². The molecular weight excluding hydrogens is 174 g/mol. The highest BCUT2D eigenvalue weighted by molar-refractivity contribution is 5.83. The SMILES string of the molecule is CCc1c(CN)oc2ccc(C)cc12. The van der Waals surface area contributed by atoms with Crippen LogP contribution in [0, 0.1) is 6.92 Å². The lowest BCUT2D eigenvalue weighted by atomic mass is 10.1. The van der Waals surface area contributed by atoms with Crippen molar-refractivity contribution in [2.45, 2.75) is 26.8 Å². The van der Waals surface area contributed by atoms with Gasteiger partial charge < -0.3 is 10.2 Å². The first-order valence-corrected chi connectivity index (χ1v) is 4.97. The van der Waals surface area contributed by atoms with Crippen molar-refractivity contribution in [1.82, 2.24) is 0 Å². The van der Waals surface area contributed by atoms with Crippen LogP contribution in [0.25, 0.3) is 11.0 Å². The molecule has 74 valence electrons. The summed E-state index contributed by atoms with van der Waals surface area (Å²) in [6.07, 6.45) is 0.975. The van der Waals surface area contributed by atoms with Gasteiger partial charge >= 0.3 is 0 Å². The summed E-state index contributed by atoms with van der Waals surface area (Å²) in [5, 5.41) is 1.22. The molecule has 14 heavy (non-hydrogen) atoms. The molecular formula is C12H15NO. The molecule has 0 bridgehead atoms. The van der Waals surface area contributed by atoms with E-state index in [0.29, 0.717) is 6.54 Å². The van der Waals surface area contributed by atoms with Gasteiger partial charge in [-0.05, 0) is 25.5 Å². The van der Waals surface area contributed by atoms with Crippen molar-refractivity contribution in [3.05, 3.63) is 35.1 Å². The summed E-state index contributed by atoms with van der Waals surface area (Å²) in [5.74, 6) is 0.924. The summed E-state index contributed by atoms with van der Waals surface area (Å²) < 4.78 is 5.67. The highest BCUT2D eigenvalue weighted by Gasteiger charge is 2.10. The Morgan fingerprint density at radius 2 is 2.14 bits per heavy atom. The van der Waals surface area contributed by atoms with Gasteiger partial charge in [0.25, 0.3) is 0 Å². The van der Waals surface area contributed by atoms with Gasteiger partial charge in [-0.25, -0.2) is 0 Å². The topological polar surface area (TPSA) is 39.2 Å². The summed E-state index contributed by atoms with van der Waals surface area (Å²) in [6, 6.07) is 6.24. The number of hydrogen-bond acceptors (Lipinski definition) is 2. The number of benzene rings is 1. The van der Waals surface area contributed by atoms with Gasteiger partial charge in [0.2, 0.25) is 0 Å². The fourth-order valence-electron chi connectivity index (χ4n) is 1.87. The Hall–Kier alpha value is -1.28. The Bertz CT molecular complexity index is 457. The summed E-state index contributed by atoms with van der Waals surface area (Å²) >= 11 is 0. The van der Waals surface area contributed by atoms with E-state index in [2.05, 4.69) is 26.0 Å². The van der Waals surface area contributed by atoms with E-state index in [-0.39, 0.29) is 0 Å². The van der Waals surface area contributed by atoms with Gasteiger partial charge in [-0.2, -0.15) is 0 Å². The fraction of sp³-hybridized carbons (Fsp3) is 0.333. The van der Waals surface area contributed by atoms with Gasteiger partial charge in [0.1, 0.15) is 11.3 Å².